The fraction of sp³-hybridized carbons (Fsp3) is 0.250. The summed E-state index contributed by atoms with van der Waals surface area (Å²) in [4.78, 5) is 12.7. The number of aryl methyl sites for hydroxylation is 3. The number of thiophene rings is 1. The van der Waals surface area contributed by atoms with E-state index in [1.807, 2.05) is 50.4 Å². The van der Waals surface area contributed by atoms with Crippen molar-refractivity contribution in [2.24, 2.45) is 5.10 Å². The highest BCUT2D eigenvalue weighted by molar-refractivity contribution is 7.11. The zero-order valence-corrected chi connectivity index (χ0v) is 13.2. The highest BCUT2D eigenvalue weighted by Crippen LogP contribution is 2.16. The number of hydrogen-bond donors (Lipinski definition) is 1. The van der Waals surface area contributed by atoms with Gasteiger partial charge in [-0.3, -0.25) is 4.79 Å². The number of hydrazone groups is 1. The molecular weight excluding hydrogens is 284 g/mol. The van der Waals surface area contributed by atoms with Crippen LogP contribution >= 0.6 is 11.3 Å². The van der Waals surface area contributed by atoms with Crippen LogP contribution < -0.4 is 10.2 Å². The Bertz CT molecular complexity index is 662. The maximum Gasteiger partial charge on any atom is 0.277 e. The first kappa shape index (κ1) is 15.3. The Labute approximate surface area is 128 Å². The van der Waals surface area contributed by atoms with E-state index in [9.17, 15) is 4.79 Å². The second-order valence-electron chi connectivity index (χ2n) is 4.80. The Morgan fingerprint density at radius 1 is 1.24 bits per heavy atom. The zero-order chi connectivity index (χ0) is 15.2. The monoisotopic (exact) mass is 302 g/mol. The van der Waals surface area contributed by atoms with Crippen LogP contribution in [0.3, 0.4) is 0 Å². The van der Waals surface area contributed by atoms with Gasteiger partial charge in [0.05, 0.1) is 6.21 Å². The van der Waals surface area contributed by atoms with Gasteiger partial charge < -0.3 is 4.74 Å². The van der Waals surface area contributed by atoms with E-state index in [0.717, 1.165) is 16.0 Å². The molecule has 21 heavy (non-hydrogen) atoms. The van der Waals surface area contributed by atoms with Gasteiger partial charge in [-0.25, -0.2) is 5.43 Å². The summed E-state index contributed by atoms with van der Waals surface area (Å²) in [5, 5.41) is 5.91. The van der Waals surface area contributed by atoms with E-state index >= 15 is 0 Å². The predicted octanol–water partition coefficient (Wildman–Crippen LogP) is 3.20. The van der Waals surface area contributed by atoms with Crippen LogP contribution in [0.25, 0.3) is 0 Å². The molecule has 1 N–H and O–H groups in total. The highest BCUT2D eigenvalue weighted by atomic mass is 32.1. The number of nitrogens with zero attached hydrogens (tertiary/aromatic N) is 1. The molecule has 0 atom stereocenters. The molecule has 1 aromatic carbocycles. The predicted molar refractivity (Wildman–Crippen MR) is 86.2 cm³/mol. The van der Waals surface area contributed by atoms with Crippen LogP contribution in [0.1, 0.15) is 21.6 Å². The van der Waals surface area contributed by atoms with E-state index in [0.29, 0.717) is 5.75 Å². The minimum absolute atomic E-state index is 0.0523. The normalized spacial score (nSPS) is 10.8. The number of rotatable bonds is 5. The van der Waals surface area contributed by atoms with Crippen molar-refractivity contribution in [2.45, 2.75) is 20.8 Å². The SMILES string of the molecule is Cc1ccc(OCC(=O)N/N=C\c2sccc2C)cc1C. The zero-order valence-electron chi connectivity index (χ0n) is 12.3. The maximum absolute atomic E-state index is 11.6. The van der Waals surface area contributed by atoms with Crippen LogP contribution in [0.4, 0.5) is 0 Å². The van der Waals surface area contributed by atoms with Gasteiger partial charge in [-0.15, -0.1) is 11.3 Å². The number of nitrogens with one attached hydrogen (secondary N) is 1. The first-order valence-electron chi connectivity index (χ1n) is 6.62. The van der Waals surface area contributed by atoms with Gasteiger partial charge in [0.25, 0.3) is 5.91 Å². The lowest BCUT2D eigenvalue weighted by Gasteiger charge is -2.07. The maximum atomic E-state index is 11.6. The molecule has 4 nitrogen and oxygen atoms in total. The van der Waals surface area contributed by atoms with Crippen LogP contribution in [-0.4, -0.2) is 18.7 Å². The number of benzene rings is 1. The number of carbonyl (C=O) groups excluding carboxylic acids is 1. The van der Waals surface area contributed by atoms with E-state index in [2.05, 4.69) is 10.5 Å². The summed E-state index contributed by atoms with van der Waals surface area (Å²) in [6, 6.07) is 7.76. The van der Waals surface area contributed by atoms with Crippen LogP contribution in [0, 0.1) is 20.8 Å². The quantitative estimate of drug-likeness (QED) is 0.681. The Hall–Kier alpha value is -2.14. The molecule has 0 saturated carbocycles. The van der Waals surface area contributed by atoms with Gasteiger partial charge in [-0.1, -0.05) is 6.07 Å². The van der Waals surface area contributed by atoms with Crippen molar-refractivity contribution >= 4 is 23.5 Å². The summed E-state index contributed by atoms with van der Waals surface area (Å²) >= 11 is 1.58. The van der Waals surface area contributed by atoms with E-state index in [4.69, 9.17) is 4.74 Å². The Kier molecular flexibility index (Phi) is 5.11. The minimum atomic E-state index is -0.279. The van der Waals surface area contributed by atoms with Gasteiger partial charge >= 0.3 is 0 Å². The first-order valence-corrected chi connectivity index (χ1v) is 7.50. The topological polar surface area (TPSA) is 50.7 Å². The molecule has 0 aliphatic carbocycles. The van der Waals surface area contributed by atoms with Gasteiger partial charge in [0, 0.05) is 4.88 Å². The van der Waals surface area contributed by atoms with Crippen molar-refractivity contribution in [2.75, 3.05) is 6.61 Å². The van der Waals surface area contributed by atoms with Crippen molar-refractivity contribution in [3.63, 3.8) is 0 Å². The molecule has 0 aliphatic rings. The summed E-state index contributed by atoms with van der Waals surface area (Å²) in [6.07, 6.45) is 1.65. The molecule has 1 heterocycles. The molecule has 0 saturated heterocycles. The molecule has 2 rings (SSSR count). The largest absolute Gasteiger partial charge is 0.484 e. The molecule has 0 fully saturated rings. The summed E-state index contributed by atoms with van der Waals surface area (Å²) in [7, 11) is 0. The molecule has 1 amide bonds. The summed E-state index contributed by atoms with van der Waals surface area (Å²) < 4.78 is 5.43. The lowest BCUT2D eigenvalue weighted by molar-refractivity contribution is -0.123. The average Bonchev–Trinajstić information content (AvgIpc) is 2.86. The molecular formula is C16H18N2O2S. The van der Waals surface area contributed by atoms with Crippen LogP contribution in [0.5, 0.6) is 5.75 Å². The fourth-order valence-corrected chi connectivity index (χ4v) is 2.45. The van der Waals surface area contributed by atoms with Gasteiger partial charge in [-0.2, -0.15) is 5.10 Å². The molecule has 0 spiro atoms. The number of carbonyl (C=O) groups is 1. The van der Waals surface area contributed by atoms with Crippen molar-refractivity contribution in [3.05, 3.63) is 51.2 Å². The van der Waals surface area contributed by atoms with Crippen molar-refractivity contribution in [3.8, 4) is 5.75 Å². The minimum Gasteiger partial charge on any atom is -0.484 e. The second kappa shape index (κ2) is 7.04. The molecule has 0 bridgehead atoms. The van der Waals surface area contributed by atoms with Gasteiger partial charge in [0.15, 0.2) is 6.61 Å². The third-order valence-corrected chi connectivity index (χ3v) is 4.07. The fourth-order valence-electron chi connectivity index (χ4n) is 1.66. The summed E-state index contributed by atoms with van der Waals surface area (Å²) in [6.45, 7) is 5.99. The third-order valence-electron chi connectivity index (χ3n) is 3.12. The van der Waals surface area contributed by atoms with Crippen LogP contribution in [0.2, 0.25) is 0 Å². The van der Waals surface area contributed by atoms with Crippen molar-refractivity contribution < 1.29 is 9.53 Å². The van der Waals surface area contributed by atoms with Gasteiger partial charge in [-0.05, 0) is 61.0 Å². The van der Waals surface area contributed by atoms with Gasteiger partial charge in [0.1, 0.15) is 5.75 Å². The molecule has 5 heteroatoms. The standard InChI is InChI=1S/C16H18N2O2S/c1-11-4-5-14(8-13(11)3)20-10-16(19)18-17-9-15-12(2)6-7-21-15/h4-9H,10H2,1-3H3,(H,18,19)/b17-9-. The summed E-state index contributed by atoms with van der Waals surface area (Å²) in [5.41, 5.74) is 5.93. The average molecular weight is 302 g/mol. The highest BCUT2D eigenvalue weighted by Gasteiger charge is 2.03. The molecule has 0 aliphatic heterocycles. The number of hydrogen-bond acceptors (Lipinski definition) is 4. The van der Waals surface area contributed by atoms with Gasteiger partial charge in [0.2, 0.25) is 0 Å². The molecule has 1 aromatic heterocycles. The molecule has 0 radical (unpaired) electrons. The first-order chi connectivity index (χ1) is 10.1. The third kappa shape index (κ3) is 4.43. The van der Waals surface area contributed by atoms with Crippen LogP contribution in [0.15, 0.2) is 34.7 Å². The van der Waals surface area contributed by atoms with Crippen LogP contribution in [-0.2, 0) is 4.79 Å². The van der Waals surface area contributed by atoms with E-state index in [1.54, 1.807) is 17.6 Å². The second-order valence-corrected chi connectivity index (χ2v) is 5.74. The molecule has 0 unspecified atom stereocenters. The lowest BCUT2D eigenvalue weighted by Crippen LogP contribution is -2.24. The smallest absolute Gasteiger partial charge is 0.277 e. The lowest BCUT2D eigenvalue weighted by atomic mass is 10.1. The molecule has 110 valence electrons. The molecule has 2 aromatic rings. The van der Waals surface area contributed by atoms with E-state index in [1.165, 1.54) is 5.56 Å². The van der Waals surface area contributed by atoms with Crippen molar-refractivity contribution in [1.82, 2.24) is 5.43 Å². The Morgan fingerprint density at radius 2 is 2.05 bits per heavy atom. The van der Waals surface area contributed by atoms with Crippen molar-refractivity contribution in [1.29, 1.82) is 0 Å². The van der Waals surface area contributed by atoms with E-state index < -0.39 is 0 Å². The Balaban J connectivity index is 1.81. The number of ether oxygens (including phenoxy) is 1. The summed E-state index contributed by atoms with van der Waals surface area (Å²) in [5.74, 6) is 0.407. The van der Waals surface area contributed by atoms with E-state index in [-0.39, 0.29) is 12.5 Å². The Morgan fingerprint density at radius 3 is 2.71 bits per heavy atom. The number of amides is 1.